The number of benzene rings is 1. The summed E-state index contributed by atoms with van der Waals surface area (Å²) in [5.41, 5.74) is 8.09. The summed E-state index contributed by atoms with van der Waals surface area (Å²) in [5, 5.41) is 0. The van der Waals surface area contributed by atoms with Gasteiger partial charge in [-0.3, -0.25) is 0 Å². The predicted octanol–water partition coefficient (Wildman–Crippen LogP) is 4.09. The van der Waals surface area contributed by atoms with E-state index >= 15 is 0 Å². The quantitative estimate of drug-likeness (QED) is 0.840. The zero-order valence-corrected chi connectivity index (χ0v) is 10.4. The Labute approximate surface area is 110 Å². The molecule has 0 spiro atoms. The summed E-state index contributed by atoms with van der Waals surface area (Å²) in [6.07, 6.45) is 1.76. The van der Waals surface area contributed by atoms with E-state index < -0.39 is 6.36 Å². The minimum absolute atomic E-state index is 0.221. The fraction of sp³-hybridized carbons (Fsp3) is 0.429. The van der Waals surface area contributed by atoms with Crippen LogP contribution < -0.4 is 10.5 Å². The van der Waals surface area contributed by atoms with Gasteiger partial charge in [-0.15, -0.1) is 13.2 Å². The van der Waals surface area contributed by atoms with Crippen LogP contribution in [0.1, 0.15) is 37.3 Å². The second kappa shape index (κ2) is 5.65. The van der Waals surface area contributed by atoms with E-state index in [-0.39, 0.29) is 11.8 Å². The van der Waals surface area contributed by atoms with Crippen molar-refractivity contribution in [3.63, 3.8) is 0 Å². The molecule has 1 atom stereocenters. The molecule has 0 saturated heterocycles. The Balaban J connectivity index is 2.07. The minimum Gasteiger partial charge on any atom is -0.406 e. The highest BCUT2D eigenvalue weighted by Gasteiger charge is 2.31. The number of allylic oxidation sites excluding steroid dienone is 1. The Hall–Kier alpha value is -1.49. The molecule has 1 aliphatic rings. The summed E-state index contributed by atoms with van der Waals surface area (Å²) in [6.45, 7) is 0. The second-order valence-electron chi connectivity index (χ2n) is 4.62. The van der Waals surface area contributed by atoms with Crippen molar-refractivity contribution in [1.29, 1.82) is 0 Å². The first-order chi connectivity index (χ1) is 8.96. The average molecular weight is 271 g/mol. The van der Waals surface area contributed by atoms with Crippen LogP contribution in [-0.2, 0) is 0 Å². The molecular weight excluding hydrogens is 255 g/mol. The average Bonchev–Trinajstić information content (AvgIpc) is 2.38. The zero-order valence-electron chi connectivity index (χ0n) is 10.4. The standard InChI is InChI=1S/C14H16F3NO/c15-14(16,17)19-12-8-6-11(7-9-12)13(18)10-4-2-1-3-5-10/h4,6-9,13H,1-3,5,18H2. The van der Waals surface area contributed by atoms with Crippen molar-refractivity contribution in [2.75, 3.05) is 0 Å². The van der Waals surface area contributed by atoms with Gasteiger partial charge in [-0.2, -0.15) is 0 Å². The third kappa shape index (κ3) is 3.99. The fourth-order valence-corrected chi connectivity index (χ4v) is 2.24. The van der Waals surface area contributed by atoms with Crippen LogP contribution in [0.25, 0.3) is 0 Å². The maximum absolute atomic E-state index is 12.0. The number of ether oxygens (including phenoxy) is 1. The largest absolute Gasteiger partial charge is 0.573 e. The number of alkyl halides is 3. The Kier molecular flexibility index (Phi) is 4.14. The number of hydrogen-bond donors (Lipinski definition) is 1. The van der Waals surface area contributed by atoms with Crippen molar-refractivity contribution < 1.29 is 17.9 Å². The molecule has 1 aromatic carbocycles. The van der Waals surface area contributed by atoms with Gasteiger partial charge >= 0.3 is 6.36 Å². The third-order valence-corrected chi connectivity index (χ3v) is 3.20. The van der Waals surface area contributed by atoms with Crippen molar-refractivity contribution in [2.45, 2.75) is 38.1 Å². The molecule has 2 N–H and O–H groups in total. The summed E-state index contributed by atoms with van der Waals surface area (Å²) in [7, 11) is 0. The van der Waals surface area contributed by atoms with E-state index in [2.05, 4.69) is 10.8 Å². The summed E-state index contributed by atoms with van der Waals surface area (Å²) < 4.78 is 39.9. The van der Waals surface area contributed by atoms with E-state index in [1.54, 1.807) is 12.1 Å². The Morgan fingerprint density at radius 2 is 1.79 bits per heavy atom. The number of rotatable bonds is 3. The monoisotopic (exact) mass is 271 g/mol. The molecular formula is C14H16F3NO. The van der Waals surface area contributed by atoms with E-state index in [0.29, 0.717) is 0 Å². The van der Waals surface area contributed by atoms with Gasteiger partial charge in [0.15, 0.2) is 0 Å². The first-order valence-corrected chi connectivity index (χ1v) is 6.26. The van der Waals surface area contributed by atoms with Crippen LogP contribution in [0.15, 0.2) is 35.9 Å². The normalized spacial score (nSPS) is 17.8. The van der Waals surface area contributed by atoms with Gasteiger partial charge in [-0.1, -0.05) is 23.8 Å². The summed E-state index contributed by atoms with van der Waals surface area (Å²) in [6, 6.07) is 5.53. The van der Waals surface area contributed by atoms with Gasteiger partial charge in [0.1, 0.15) is 5.75 Å². The van der Waals surface area contributed by atoms with Crippen LogP contribution in [0.5, 0.6) is 5.75 Å². The van der Waals surface area contributed by atoms with Crippen molar-refractivity contribution in [2.24, 2.45) is 5.73 Å². The van der Waals surface area contributed by atoms with Gasteiger partial charge in [0.05, 0.1) is 6.04 Å². The van der Waals surface area contributed by atoms with E-state index in [4.69, 9.17) is 5.73 Å². The molecule has 1 aliphatic carbocycles. The molecule has 2 rings (SSSR count). The molecule has 0 bridgehead atoms. The van der Waals surface area contributed by atoms with Crippen LogP contribution in [0.3, 0.4) is 0 Å². The van der Waals surface area contributed by atoms with Crippen molar-refractivity contribution in [3.05, 3.63) is 41.5 Å². The number of halogens is 3. The second-order valence-corrected chi connectivity index (χ2v) is 4.62. The first kappa shape index (κ1) is 13.9. The molecule has 0 aromatic heterocycles. The lowest BCUT2D eigenvalue weighted by Gasteiger charge is -2.20. The van der Waals surface area contributed by atoms with Crippen LogP contribution in [0, 0.1) is 0 Å². The van der Waals surface area contributed by atoms with Crippen LogP contribution in [-0.4, -0.2) is 6.36 Å². The highest BCUT2D eigenvalue weighted by molar-refractivity contribution is 5.33. The minimum atomic E-state index is -4.66. The molecule has 0 heterocycles. The molecule has 0 saturated carbocycles. The van der Waals surface area contributed by atoms with Gasteiger partial charge in [0, 0.05) is 0 Å². The maximum atomic E-state index is 12.0. The lowest BCUT2D eigenvalue weighted by molar-refractivity contribution is -0.274. The van der Waals surface area contributed by atoms with Crippen LogP contribution in [0.4, 0.5) is 13.2 Å². The van der Waals surface area contributed by atoms with E-state index in [9.17, 15) is 13.2 Å². The highest BCUT2D eigenvalue weighted by atomic mass is 19.4. The SMILES string of the molecule is NC(C1=CCCCC1)c1ccc(OC(F)(F)F)cc1. The molecule has 104 valence electrons. The van der Waals surface area contributed by atoms with Gasteiger partial charge in [0.2, 0.25) is 0 Å². The highest BCUT2D eigenvalue weighted by Crippen LogP contribution is 2.30. The molecule has 2 nitrogen and oxygen atoms in total. The Morgan fingerprint density at radius 3 is 2.32 bits per heavy atom. The zero-order chi connectivity index (χ0) is 13.9. The fourth-order valence-electron chi connectivity index (χ4n) is 2.24. The summed E-state index contributed by atoms with van der Waals surface area (Å²) >= 11 is 0. The molecule has 0 fully saturated rings. The predicted molar refractivity (Wildman–Crippen MR) is 66.6 cm³/mol. The smallest absolute Gasteiger partial charge is 0.406 e. The van der Waals surface area contributed by atoms with Gasteiger partial charge < -0.3 is 10.5 Å². The van der Waals surface area contributed by atoms with Gasteiger partial charge in [0.25, 0.3) is 0 Å². The first-order valence-electron chi connectivity index (χ1n) is 6.26. The molecule has 1 aromatic rings. The lowest BCUT2D eigenvalue weighted by atomic mass is 9.90. The third-order valence-electron chi connectivity index (χ3n) is 3.20. The Bertz CT molecular complexity index is 451. The summed E-state index contributed by atoms with van der Waals surface area (Å²) in [5.74, 6) is -0.221. The molecule has 0 amide bonds. The molecule has 5 heteroatoms. The molecule has 19 heavy (non-hydrogen) atoms. The van der Waals surface area contributed by atoms with E-state index in [0.717, 1.165) is 30.4 Å². The number of hydrogen-bond acceptors (Lipinski definition) is 2. The van der Waals surface area contributed by atoms with E-state index in [1.165, 1.54) is 18.6 Å². The van der Waals surface area contributed by atoms with Crippen molar-refractivity contribution in [1.82, 2.24) is 0 Å². The van der Waals surface area contributed by atoms with Gasteiger partial charge in [-0.25, -0.2) is 0 Å². The Morgan fingerprint density at radius 1 is 1.11 bits per heavy atom. The van der Waals surface area contributed by atoms with Crippen molar-refractivity contribution >= 4 is 0 Å². The van der Waals surface area contributed by atoms with Crippen LogP contribution in [0.2, 0.25) is 0 Å². The van der Waals surface area contributed by atoms with E-state index in [1.807, 2.05) is 0 Å². The molecule has 0 radical (unpaired) electrons. The maximum Gasteiger partial charge on any atom is 0.573 e. The van der Waals surface area contributed by atoms with Crippen molar-refractivity contribution in [3.8, 4) is 5.75 Å². The topological polar surface area (TPSA) is 35.2 Å². The molecule has 0 aliphatic heterocycles. The van der Waals surface area contributed by atoms with Gasteiger partial charge in [-0.05, 0) is 43.4 Å². The molecule has 1 unspecified atom stereocenters. The lowest BCUT2D eigenvalue weighted by Crippen LogP contribution is -2.17. The summed E-state index contributed by atoms with van der Waals surface area (Å²) in [4.78, 5) is 0. The van der Waals surface area contributed by atoms with Crippen LogP contribution >= 0.6 is 0 Å². The number of nitrogens with two attached hydrogens (primary N) is 1.